The van der Waals surface area contributed by atoms with Crippen LogP contribution in [0.15, 0.2) is 42.5 Å². The van der Waals surface area contributed by atoms with Gasteiger partial charge in [-0.2, -0.15) is 0 Å². The van der Waals surface area contributed by atoms with Crippen molar-refractivity contribution in [2.24, 2.45) is 0 Å². The molecule has 0 spiro atoms. The molecule has 1 fully saturated rings. The Hall–Kier alpha value is -2.66. The monoisotopic (exact) mass is 391 g/mol. The number of piperazine rings is 1. The molecule has 2 aliphatic heterocycles. The molecule has 0 atom stereocenters. The van der Waals surface area contributed by atoms with Gasteiger partial charge in [-0.15, -0.1) is 0 Å². The Morgan fingerprint density at radius 3 is 2.48 bits per heavy atom. The predicted molar refractivity (Wildman–Crippen MR) is 117 cm³/mol. The van der Waals surface area contributed by atoms with Gasteiger partial charge in [0.15, 0.2) is 5.78 Å². The number of amides is 1. The highest BCUT2D eigenvalue weighted by Gasteiger charge is 2.23. The number of rotatable bonds is 5. The van der Waals surface area contributed by atoms with E-state index in [1.807, 2.05) is 18.2 Å². The van der Waals surface area contributed by atoms with Crippen molar-refractivity contribution in [2.45, 2.75) is 26.7 Å². The van der Waals surface area contributed by atoms with Crippen molar-refractivity contribution in [1.29, 1.82) is 0 Å². The SMILES string of the molecule is CC(=O)N1CCc2cc(C(=O)CCN3CCN(c4cccc(C)c4)CC3)ccc21. The van der Waals surface area contributed by atoms with E-state index in [1.54, 1.807) is 11.8 Å². The zero-order chi connectivity index (χ0) is 20.4. The summed E-state index contributed by atoms with van der Waals surface area (Å²) in [5.41, 5.74) is 5.42. The van der Waals surface area contributed by atoms with E-state index in [0.29, 0.717) is 13.0 Å². The third kappa shape index (κ3) is 4.35. The molecule has 4 rings (SSSR count). The van der Waals surface area contributed by atoms with Crippen LogP contribution >= 0.6 is 0 Å². The molecule has 0 aliphatic carbocycles. The summed E-state index contributed by atoms with van der Waals surface area (Å²) in [6.45, 7) is 9.20. The van der Waals surface area contributed by atoms with Gasteiger partial charge in [-0.05, 0) is 54.8 Å². The summed E-state index contributed by atoms with van der Waals surface area (Å²) < 4.78 is 0. The number of carbonyl (C=O) groups is 2. The molecule has 0 bridgehead atoms. The van der Waals surface area contributed by atoms with E-state index in [1.165, 1.54) is 11.3 Å². The van der Waals surface area contributed by atoms with Crippen LogP contribution < -0.4 is 9.80 Å². The molecule has 2 aliphatic rings. The van der Waals surface area contributed by atoms with Gasteiger partial charge in [-0.3, -0.25) is 14.5 Å². The van der Waals surface area contributed by atoms with Crippen LogP contribution in [0.3, 0.4) is 0 Å². The molecule has 5 nitrogen and oxygen atoms in total. The van der Waals surface area contributed by atoms with Crippen molar-refractivity contribution in [1.82, 2.24) is 4.90 Å². The van der Waals surface area contributed by atoms with Crippen LogP contribution in [-0.4, -0.2) is 55.9 Å². The average Bonchev–Trinajstić information content (AvgIpc) is 3.16. The van der Waals surface area contributed by atoms with Gasteiger partial charge >= 0.3 is 0 Å². The topological polar surface area (TPSA) is 43.9 Å². The van der Waals surface area contributed by atoms with Crippen LogP contribution in [0.1, 0.15) is 34.8 Å². The van der Waals surface area contributed by atoms with Crippen LogP contribution in [0.5, 0.6) is 0 Å². The first kappa shape index (κ1) is 19.6. The standard InChI is InChI=1S/C24H29N3O2/c1-18-4-3-5-22(16-18)26-14-12-25(13-15-26)10-9-24(29)21-6-7-23-20(17-21)8-11-27(23)19(2)28/h3-7,16-17H,8-15H2,1-2H3. The van der Waals surface area contributed by atoms with Crippen molar-refractivity contribution >= 4 is 23.1 Å². The molecule has 0 aromatic heterocycles. The van der Waals surface area contributed by atoms with E-state index in [9.17, 15) is 9.59 Å². The highest BCUT2D eigenvalue weighted by atomic mass is 16.2. The second kappa shape index (κ2) is 8.37. The molecule has 2 aromatic carbocycles. The highest BCUT2D eigenvalue weighted by Crippen LogP contribution is 2.29. The lowest BCUT2D eigenvalue weighted by Crippen LogP contribution is -2.46. The summed E-state index contributed by atoms with van der Waals surface area (Å²) in [6, 6.07) is 14.4. The first-order valence-corrected chi connectivity index (χ1v) is 10.5. The van der Waals surface area contributed by atoms with Crippen LogP contribution in [-0.2, 0) is 11.2 Å². The number of Topliss-reactive ketones (excluding diaryl/α,β-unsaturated/α-hetero) is 1. The molecule has 0 saturated carbocycles. The maximum atomic E-state index is 12.7. The van der Waals surface area contributed by atoms with Crippen LogP contribution in [0.4, 0.5) is 11.4 Å². The molecule has 0 unspecified atom stereocenters. The van der Waals surface area contributed by atoms with Crippen molar-refractivity contribution in [3.05, 3.63) is 59.2 Å². The number of hydrogen-bond donors (Lipinski definition) is 0. The molecule has 29 heavy (non-hydrogen) atoms. The number of hydrogen-bond acceptors (Lipinski definition) is 4. The van der Waals surface area contributed by atoms with Gasteiger partial charge in [-0.25, -0.2) is 0 Å². The van der Waals surface area contributed by atoms with Crippen LogP contribution in [0, 0.1) is 6.92 Å². The smallest absolute Gasteiger partial charge is 0.223 e. The Morgan fingerprint density at radius 2 is 1.76 bits per heavy atom. The summed E-state index contributed by atoms with van der Waals surface area (Å²) in [7, 11) is 0. The van der Waals surface area contributed by atoms with Crippen molar-refractivity contribution in [3.63, 3.8) is 0 Å². The fraction of sp³-hybridized carbons (Fsp3) is 0.417. The van der Waals surface area contributed by atoms with Crippen molar-refractivity contribution in [2.75, 3.05) is 49.1 Å². The third-order valence-electron chi connectivity index (χ3n) is 6.07. The maximum Gasteiger partial charge on any atom is 0.223 e. The minimum atomic E-state index is 0.0626. The fourth-order valence-electron chi connectivity index (χ4n) is 4.36. The zero-order valence-corrected chi connectivity index (χ0v) is 17.4. The second-order valence-corrected chi connectivity index (χ2v) is 8.11. The molecular formula is C24H29N3O2. The van der Waals surface area contributed by atoms with Crippen LogP contribution in [0.2, 0.25) is 0 Å². The van der Waals surface area contributed by atoms with E-state index in [0.717, 1.165) is 56.0 Å². The van der Waals surface area contributed by atoms with Crippen LogP contribution in [0.25, 0.3) is 0 Å². The van der Waals surface area contributed by atoms with Crippen molar-refractivity contribution < 1.29 is 9.59 Å². The lowest BCUT2D eigenvalue weighted by molar-refractivity contribution is -0.116. The summed E-state index contributed by atoms with van der Waals surface area (Å²) in [5, 5.41) is 0. The largest absolute Gasteiger partial charge is 0.369 e. The van der Waals surface area contributed by atoms with E-state index < -0.39 is 0 Å². The maximum absolute atomic E-state index is 12.7. The molecule has 2 aromatic rings. The molecule has 5 heteroatoms. The van der Waals surface area contributed by atoms with Gasteiger partial charge in [0, 0.05) is 69.6 Å². The van der Waals surface area contributed by atoms with Gasteiger partial charge in [0.05, 0.1) is 0 Å². The third-order valence-corrected chi connectivity index (χ3v) is 6.07. The molecule has 152 valence electrons. The molecule has 2 heterocycles. The normalized spacial score (nSPS) is 16.8. The number of ketones is 1. The van der Waals surface area contributed by atoms with Gasteiger partial charge in [0.1, 0.15) is 0 Å². The number of benzene rings is 2. The highest BCUT2D eigenvalue weighted by molar-refractivity contribution is 5.99. The number of anilines is 2. The number of fused-ring (bicyclic) bond motifs is 1. The minimum Gasteiger partial charge on any atom is -0.369 e. The molecule has 0 radical (unpaired) electrons. The number of carbonyl (C=O) groups excluding carboxylic acids is 2. The van der Waals surface area contributed by atoms with E-state index in [2.05, 4.69) is 41.0 Å². The number of aryl methyl sites for hydroxylation is 1. The summed E-state index contributed by atoms with van der Waals surface area (Å²) >= 11 is 0. The Kier molecular flexibility index (Phi) is 5.67. The first-order valence-electron chi connectivity index (χ1n) is 10.5. The van der Waals surface area contributed by atoms with E-state index >= 15 is 0 Å². The summed E-state index contributed by atoms with van der Waals surface area (Å²) in [5.74, 6) is 0.253. The second-order valence-electron chi connectivity index (χ2n) is 8.11. The Morgan fingerprint density at radius 1 is 0.966 bits per heavy atom. The van der Waals surface area contributed by atoms with E-state index in [-0.39, 0.29) is 11.7 Å². The Bertz CT molecular complexity index is 916. The lowest BCUT2D eigenvalue weighted by atomic mass is 10.0. The molecule has 1 amide bonds. The lowest BCUT2D eigenvalue weighted by Gasteiger charge is -2.36. The molecule has 0 N–H and O–H groups in total. The van der Waals surface area contributed by atoms with Gasteiger partial charge in [-0.1, -0.05) is 12.1 Å². The fourth-order valence-corrected chi connectivity index (χ4v) is 4.36. The van der Waals surface area contributed by atoms with Gasteiger partial charge in [0.25, 0.3) is 0 Å². The Balaban J connectivity index is 1.29. The summed E-state index contributed by atoms with van der Waals surface area (Å²) in [6.07, 6.45) is 1.37. The predicted octanol–water partition coefficient (Wildman–Crippen LogP) is 3.30. The van der Waals surface area contributed by atoms with Gasteiger partial charge < -0.3 is 9.80 Å². The Labute approximate surface area is 172 Å². The average molecular weight is 392 g/mol. The minimum absolute atomic E-state index is 0.0626. The first-order chi connectivity index (χ1) is 14.0. The zero-order valence-electron chi connectivity index (χ0n) is 17.4. The van der Waals surface area contributed by atoms with Gasteiger partial charge in [0.2, 0.25) is 5.91 Å². The number of nitrogens with zero attached hydrogens (tertiary/aromatic N) is 3. The molecule has 1 saturated heterocycles. The molecular weight excluding hydrogens is 362 g/mol. The summed E-state index contributed by atoms with van der Waals surface area (Å²) in [4.78, 5) is 31.0. The van der Waals surface area contributed by atoms with Crippen molar-refractivity contribution in [3.8, 4) is 0 Å². The van der Waals surface area contributed by atoms with E-state index in [4.69, 9.17) is 0 Å². The quantitative estimate of drug-likeness (QED) is 0.734.